The highest BCUT2D eigenvalue weighted by atomic mass is 32.1. The first-order valence-electron chi connectivity index (χ1n) is 9.66. The van der Waals surface area contributed by atoms with E-state index in [1.807, 2.05) is 11.3 Å². The van der Waals surface area contributed by atoms with Crippen LogP contribution in [0.5, 0.6) is 0 Å². The zero-order valence-electron chi connectivity index (χ0n) is 15.8. The van der Waals surface area contributed by atoms with Crippen LogP contribution in [0.25, 0.3) is 5.69 Å². The topological polar surface area (TPSA) is 103 Å². The summed E-state index contributed by atoms with van der Waals surface area (Å²) in [5.74, 6) is -0.257. The van der Waals surface area contributed by atoms with Crippen LogP contribution in [-0.4, -0.2) is 32.1 Å². The number of non-ortho nitro benzene ring substituents is 1. The third-order valence-corrected chi connectivity index (χ3v) is 6.09. The van der Waals surface area contributed by atoms with Gasteiger partial charge in [0.2, 0.25) is 0 Å². The fourth-order valence-corrected chi connectivity index (χ4v) is 4.58. The number of carbonyl (C=O) groups excluding carboxylic acids is 1. The molecule has 9 heteroatoms. The van der Waals surface area contributed by atoms with Gasteiger partial charge in [-0.15, -0.1) is 11.3 Å². The number of fused-ring (bicyclic) bond motifs is 1. The van der Waals surface area contributed by atoms with Crippen LogP contribution in [0.1, 0.15) is 45.3 Å². The molecule has 4 rings (SSSR count). The van der Waals surface area contributed by atoms with Crippen molar-refractivity contribution >= 4 is 22.9 Å². The van der Waals surface area contributed by atoms with Gasteiger partial charge in [-0.05, 0) is 44.2 Å². The molecule has 0 saturated carbocycles. The molecule has 1 amide bonds. The molecule has 2 heterocycles. The third kappa shape index (κ3) is 4.51. The SMILES string of the molecule is O=C(NCCCc1nc2c(s1)CCCC2)c1ccn(-c2cccc([N+](=O)[O-])c2)n1. The summed E-state index contributed by atoms with van der Waals surface area (Å²) >= 11 is 1.81. The van der Waals surface area contributed by atoms with Crippen molar-refractivity contribution in [1.82, 2.24) is 20.1 Å². The molecule has 0 saturated heterocycles. The van der Waals surface area contributed by atoms with Crippen molar-refractivity contribution in [2.24, 2.45) is 0 Å². The molecule has 1 aromatic carbocycles. The van der Waals surface area contributed by atoms with E-state index >= 15 is 0 Å². The Hall–Kier alpha value is -3.07. The number of nitro groups is 1. The molecule has 0 atom stereocenters. The first-order chi connectivity index (χ1) is 14.1. The molecule has 0 radical (unpaired) electrons. The molecule has 1 aliphatic carbocycles. The summed E-state index contributed by atoms with van der Waals surface area (Å²) in [6.45, 7) is 0.548. The Labute approximate surface area is 171 Å². The molecule has 0 fully saturated rings. The van der Waals surface area contributed by atoms with E-state index in [0.29, 0.717) is 12.2 Å². The van der Waals surface area contributed by atoms with Crippen molar-refractivity contribution in [3.8, 4) is 5.69 Å². The number of aryl methyl sites for hydroxylation is 3. The first kappa shape index (κ1) is 19.3. The minimum Gasteiger partial charge on any atom is -0.351 e. The smallest absolute Gasteiger partial charge is 0.271 e. The molecule has 1 aliphatic rings. The van der Waals surface area contributed by atoms with E-state index < -0.39 is 4.92 Å². The maximum absolute atomic E-state index is 12.3. The highest BCUT2D eigenvalue weighted by molar-refractivity contribution is 7.11. The highest BCUT2D eigenvalue weighted by Crippen LogP contribution is 2.27. The normalized spacial score (nSPS) is 13.1. The second-order valence-electron chi connectivity index (χ2n) is 6.97. The van der Waals surface area contributed by atoms with Crippen LogP contribution in [-0.2, 0) is 19.3 Å². The Morgan fingerprint density at radius 2 is 2.14 bits per heavy atom. The van der Waals surface area contributed by atoms with Crippen LogP contribution in [0, 0.1) is 10.1 Å². The number of aromatic nitrogens is 3. The number of hydrogen-bond acceptors (Lipinski definition) is 6. The van der Waals surface area contributed by atoms with Gasteiger partial charge in [0, 0.05) is 36.2 Å². The van der Waals surface area contributed by atoms with Crippen molar-refractivity contribution in [2.45, 2.75) is 38.5 Å². The molecule has 2 aromatic heterocycles. The Morgan fingerprint density at radius 1 is 1.28 bits per heavy atom. The Balaban J connectivity index is 1.30. The zero-order valence-corrected chi connectivity index (χ0v) is 16.7. The van der Waals surface area contributed by atoms with E-state index in [0.717, 1.165) is 30.7 Å². The predicted octanol–water partition coefficient (Wildman–Crippen LogP) is 3.48. The summed E-state index contributed by atoms with van der Waals surface area (Å²) in [5, 5.41) is 19.2. The predicted molar refractivity (Wildman–Crippen MR) is 110 cm³/mol. The summed E-state index contributed by atoms with van der Waals surface area (Å²) in [6.07, 6.45) is 8.04. The number of carbonyl (C=O) groups is 1. The van der Waals surface area contributed by atoms with Crippen molar-refractivity contribution in [2.75, 3.05) is 6.54 Å². The molecule has 0 unspecified atom stereocenters. The lowest BCUT2D eigenvalue weighted by Crippen LogP contribution is -2.25. The second kappa shape index (κ2) is 8.52. The maximum Gasteiger partial charge on any atom is 0.271 e. The lowest BCUT2D eigenvalue weighted by atomic mass is 10.0. The van der Waals surface area contributed by atoms with Gasteiger partial charge < -0.3 is 5.32 Å². The number of rotatable bonds is 7. The minimum absolute atomic E-state index is 0.0205. The van der Waals surface area contributed by atoms with Gasteiger partial charge in [0.25, 0.3) is 11.6 Å². The van der Waals surface area contributed by atoms with E-state index in [1.165, 1.54) is 40.2 Å². The highest BCUT2D eigenvalue weighted by Gasteiger charge is 2.15. The zero-order chi connectivity index (χ0) is 20.2. The van der Waals surface area contributed by atoms with Crippen LogP contribution in [0.15, 0.2) is 36.5 Å². The van der Waals surface area contributed by atoms with Crippen LogP contribution in [0.4, 0.5) is 5.69 Å². The average molecular weight is 411 g/mol. The summed E-state index contributed by atoms with van der Waals surface area (Å²) < 4.78 is 1.46. The molecular weight excluding hydrogens is 390 g/mol. The first-order valence-corrected chi connectivity index (χ1v) is 10.5. The largest absolute Gasteiger partial charge is 0.351 e. The molecule has 0 aliphatic heterocycles. The summed E-state index contributed by atoms with van der Waals surface area (Å²) in [5.41, 5.74) is 2.06. The number of hydrogen-bond donors (Lipinski definition) is 1. The summed E-state index contributed by atoms with van der Waals surface area (Å²) in [7, 11) is 0. The van der Waals surface area contributed by atoms with Gasteiger partial charge in [0.1, 0.15) is 0 Å². The number of thiazole rings is 1. The van der Waals surface area contributed by atoms with Crippen LogP contribution < -0.4 is 5.32 Å². The van der Waals surface area contributed by atoms with Crippen molar-refractivity contribution in [3.63, 3.8) is 0 Å². The van der Waals surface area contributed by atoms with Gasteiger partial charge >= 0.3 is 0 Å². The van der Waals surface area contributed by atoms with E-state index in [-0.39, 0.29) is 17.3 Å². The van der Waals surface area contributed by atoms with Crippen LogP contribution >= 0.6 is 11.3 Å². The van der Waals surface area contributed by atoms with E-state index in [4.69, 9.17) is 4.98 Å². The Kier molecular flexibility index (Phi) is 5.66. The monoisotopic (exact) mass is 411 g/mol. The molecule has 150 valence electrons. The molecule has 0 spiro atoms. The lowest BCUT2D eigenvalue weighted by Gasteiger charge is -2.06. The molecule has 1 N–H and O–H groups in total. The van der Waals surface area contributed by atoms with Crippen LogP contribution in [0.2, 0.25) is 0 Å². The molecule has 8 nitrogen and oxygen atoms in total. The Bertz CT molecular complexity index is 1020. The van der Waals surface area contributed by atoms with Gasteiger partial charge in [-0.1, -0.05) is 6.07 Å². The van der Waals surface area contributed by atoms with Gasteiger partial charge in [-0.25, -0.2) is 9.67 Å². The van der Waals surface area contributed by atoms with E-state index in [1.54, 1.807) is 24.4 Å². The average Bonchev–Trinajstić information content (AvgIpc) is 3.38. The lowest BCUT2D eigenvalue weighted by molar-refractivity contribution is -0.384. The van der Waals surface area contributed by atoms with E-state index in [2.05, 4.69) is 10.4 Å². The van der Waals surface area contributed by atoms with E-state index in [9.17, 15) is 14.9 Å². The number of nitrogens with one attached hydrogen (secondary N) is 1. The summed E-state index contributed by atoms with van der Waals surface area (Å²) in [6, 6.07) is 7.73. The number of benzene rings is 1. The Morgan fingerprint density at radius 3 is 2.97 bits per heavy atom. The second-order valence-corrected chi connectivity index (χ2v) is 8.13. The van der Waals surface area contributed by atoms with Gasteiger partial charge in [-0.3, -0.25) is 14.9 Å². The van der Waals surface area contributed by atoms with Crippen LogP contribution in [0.3, 0.4) is 0 Å². The minimum atomic E-state index is -0.459. The number of nitro benzene ring substituents is 1. The van der Waals surface area contributed by atoms with Crippen molar-refractivity contribution in [1.29, 1.82) is 0 Å². The van der Waals surface area contributed by atoms with Gasteiger partial charge in [0.15, 0.2) is 5.69 Å². The molecule has 0 bridgehead atoms. The van der Waals surface area contributed by atoms with Crippen molar-refractivity contribution in [3.05, 3.63) is 67.9 Å². The molecule has 3 aromatic rings. The quantitative estimate of drug-likeness (QED) is 0.364. The summed E-state index contributed by atoms with van der Waals surface area (Å²) in [4.78, 5) is 28.9. The third-order valence-electron chi connectivity index (χ3n) is 4.87. The van der Waals surface area contributed by atoms with Gasteiger partial charge in [-0.2, -0.15) is 5.10 Å². The maximum atomic E-state index is 12.3. The molecule has 29 heavy (non-hydrogen) atoms. The van der Waals surface area contributed by atoms with Gasteiger partial charge in [0.05, 0.1) is 21.3 Å². The fourth-order valence-electron chi connectivity index (χ4n) is 3.38. The molecular formula is C20H21N5O3S. The fraction of sp³-hybridized carbons (Fsp3) is 0.350. The van der Waals surface area contributed by atoms with Crippen molar-refractivity contribution < 1.29 is 9.72 Å². The standard InChI is InChI=1S/C20H21N5O3S/c26-20(21-11-4-9-19-22-16-7-1-2-8-18(16)29-19)17-10-12-24(23-17)14-5-3-6-15(13-14)25(27)28/h3,5-6,10,12-13H,1-2,4,7-9,11H2,(H,21,26). The number of amides is 1. The number of nitrogens with zero attached hydrogens (tertiary/aromatic N) is 4.